The Hall–Kier alpha value is -2.36. The van der Waals surface area contributed by atoms with Gasteiger partial charge in [-0.2, -0.15) is 14.0 Å². The maximum Gasteiger partial charge on any atom is 0.377 e. The lowest BCUT2D eigenvalue weighted by Gasteiger charge is -2.18. The van der Waals surface area contributed by atoms with Crippen LogP contribution in [0.2, 0.25) is 0 Å². The molecule has 1 aromatic carbocycles. The van der Waals surface area contributed by atoms with Gasteiger partial charge in [-0.3, -0.25) is 0 Å². The average molecular weight is 313 g/mol. The zero-order chi connectivity index (χ0) is 16.8. The van der Waals surface area contributed by atoms with Crippen LogP contribution in [0.1, 0.15) is 24.8 Å². The van der Waals surface area contributed by atoms with Crippen molar-refractivity contribution in [2.75, 3.05) is 20.8 Å². The van der Waals surface area contributed by atoms with E-state index in [0.29, 0.717) is 17.1 Å². The minimum Gasteiger partial charge on any atom is -0.493 e. The fourth-order valence-corrected chi connectivity index (χ4v) is 1.88. The normalized spacial score (nSPS) is 12.2. The van der Waals surface area contributed by atoms with Crippen LogP contribution in [-0.2, 0) is 9.53 Å². The summed E-state index contributed by atoms with van der Waals surface area (Å²) in [5, 5.41) is 9.14. The van der Waals surface area contributed by atoms with Crippen LogP contribution in [0.25, 0.3) is 0 Å². The van der Waals surface area contributed by atoms with E-state index in [2.05, 4.69) is 4.74 Å². The second-order valence-corrected chi connectivity index (χ2v) is 4.43. The molecule has 0 aromatic heterocycles. The third-order valence-corrected chi connectivity index (χ3v) is 3.00. The molecular formula is C15H17F2NO4. The number of benzene rings is 1. The summed E-state index contributed by atoms with van der Waals surface area (Å²) in [7, 11) is 2.84. The summed E-state index contributed by atoms with van der Waals surface area (Å²) in [6, 6.07) is 6.21. The molecule has 0 radical (unpaired) electrons. The highest BCUT2D eigenvalue weighted by Gasteiger charge is 2.43. The van der Waals surface area contributed by atoms with Crippen molar-refractivity contribution in [1.82, 2.24) is 0 Å². The number of ether oxygens (including phenoxy) is 3. The molecule has 1 atom stereocenters. The molecule has 1 rings (SSSR count). The molecule has 0 saturated heterocycles. The standard InChI is InChI=1S/C15H17F2NO4/c1-4-22-14(19)15(16,17)8-11(9-18)10-5-6-12(20-2)13(7-10)21-3/h5-7,11H,4,8H2,1-3H3/t11-/m0/s1. The molecule has 0 N–H and O–H groups in total. The Labute approximate surface area is 127 Å². The summed E-state index contributed by atoms with van der Waals surface area (Å²) in [5.74, 6) is -5.81. The average Bonchev–Trinajstić information content (AvgIpc) is 2.52. The topological polar surface area (TPSA) is 68.6 Å². The van der Waals surface area contributed by atoms with Crippen molar-refractivity contribution in [3.8, 4) is 17.6 Å². The number of carbonyl (C=O) groups excluding carboxylic acids is 1. The van der Waals surface area contributed by atoms with Crippen LogP contribution in [0, 0.1) is 11.3 Å². The SMILES string of the molecule is CCOC(=O)C(F)(F)C[C@@H](C#N)c1ccc(OC)c(OC)c1. The lowest BCUT2D eigenvalue weighted by atomic mass is 9.93. The molecule has 5 nitrogen and oxygen atoms in total. The zero-order valence-electron chi connectivity index (χ0n) is 12.6. The Morgan fingerprint density at radius 2 is 1.95 bits per heavy atom. The highest BCUT2D eigenvalue weighted by molar-refractivity contribution is 5.77. The summed E-state index contributed by atoms with van der Waals surface area (Å²) >= 11 is 0. The third kappa shape index (κ3) is 4.07. The van der Waals surface area contributed by atoms with Crippen LogP contribution in [-0.4, -0.2) is 32.7 Å². The van der Waals surface area contributed by atoms with Crippen molar-refractivity contribution >= 4 is 5.97 Å². The Balaban J connectivity index is 3.02. The van der Waals surface area contributed by atoms with Crippen molar-refractivity contribution in [2.24, 2.45) is 0 Å². The van der Waals surface area contributed by atoms with E-state index in [1.54, 1.807) is 6.07 Å². The van der Waals surface area contributed by atoms with E-state index in [4.69, 9.17) is 14.7 Å². The van der Waals surface area contributed by atoms with Crippen LogP contribution in [0.5, 0.6) is 11.5 Å². The number of methoxy groups -OCH3 is 2. The van der Waals surface area contributed by atoms with Gasteiger partial charge < -0.3 is 14.2 Å². The fraction of sp³-hybridized carbons (Fsp3) is 0.467. The van der Waals surface area contributed by atoms with Gasteiger partial charge in [-0.15, -0.1) is 0 Å². The first-order chi connectivity index (χ1) is 10.4. The van der Waals surface area contributed by atoms with Crippen LogP contribution < -0.4 is 9.47 Å². The number of nitriles is 1. The number of hydrogen-bond donors (Lipinski definition) is 0. The van der Waals surface area contributed by atoms with E-state index in [0.717, 1.165) is 0 Å². The zero-order valence-corrected chi connectivity index (χ0v) is 12.6. The smallest absolute Gasteiger partial charge is 0.377 e. The number of rotatable bonds is 7. The molecule has 0 bridgehead atoms. The molecule has 0 aliphatic heterocycles. The van der Waals surface area contributed by atoms with Crippen LogP contribution >= 0.6 is 0 Å². The predicted octanol–water partition coefficient (Wildman–Crippen LogP) is 2.90. The van der Waals surface area contributed by atoms with E-state index >= 15 is 0 Å². The van der Waals surface area contributed by atoms with Gasteiger partial charge in [-0.25, -0.2) is 4.79 Å². The molecule has 0 aliphatic carbocycles. The lowest BCUT2D eigenvalue weighted by Crippen LogP contribution is -2.32. The van der Waals surface area contributed by atoms with Gasteiger partial charge in [0.25, 0.3) is 0 Å². The molecule has 0 amide bonds. The molecular weight excluding hydrogens is 296 g/mol. The highest BCUT2D eigenvalue weighted by Crippen LogP contribution is 2.35. The molecule has 0 saturated carbocycles. The summed E-state index contributed by atoms with van der Waals surface area (Å²) in [6.07, 6.45) is -0.960. The first-order valence-electron chi connectivity index (χ1n) is 6.56. The van der Waals surface area contributed by atoms with Crippen molar-refractivity contribution in [1.29, 1.82) is 5.26 Å². The predicted molar refractivity (Wildman–Crippen MR) is 74.1 cm³/mol. The lowest BCUT2D eigenvalue weighted by molar-refractivity contribution is -0.172. The summed E-state index contributed by atoms with van der Waals surface area (Å²) in [6.45, 7) is 1.28. The number of alkyl halides is 2. The number of nitrogens with zero attached hydrogens (tertiary/aromatic N) is 1. The molecule has 7 heteroatoms. The summed E-state index contributed by atoms with van der Waals surface area (Å²) < 4.78 is 42.0. The van der Waals surface area contributed by atoms with E-state index in [1.165, 1.54) is 39.3 Å². The Kier molecular flexibility index (Phi) is 6.11. The van der Waals surface area contributed by atoms with Crippen molar-refractivity contribution < 1.29 is 27.8 Å². The van der Waals surface area contributed by atoms with Crippen molar-refractivity contribution in [3.05, 3.63) is 23.8 Å². The molecule has 0 fully saturated rings. The van der Waals surface area contributed by atoms with Crippen molar-refractivity contribution in [2.45, 2.75) is 25.2 Å². The van der Waals surface area contributed by atoms with E-state index in [1.807, 2.05) is 0 Å². The van der Waals surface area contributed by atoms with E-state index < -0.39 is 24.2 Å². The van der Waals surface area contributed by atoms with Gasteiger partial charge in [0.2, 0.25) is 0 Å². The first-order valence-corrected chi connectivity index (χ1v) is 6.56. The van der Waals surface area contributed by atoms with Gasteiger partial charge in [-0.1, -0.05) is 6.07 Å². The summed E-state index contributed by atoms with van der Waals surface area (Å²) in [5.41, 5.74) is 0.309. The fourth-order valence-electron chi connectivity index (χ4n) is 1.88. The molecule has 1 aromatic rings. The van der Waals surface area contributed by atoms with Gasteiger partial charge in [-0.05, 0) is 24.6 Å². The quantitative estimate of drug-likeness (QED) is 0.724. The Morgan fingerprint density at radius 3 is 2.45 bits per heavy atom. The van der Waals surface area contributed by atoms with Crippen LogP contribution in [0.3, 0.4) is 0 Å². The molecule has 22 heavy (non-hydrogen) atoms. The van der Waals surface area contributed by atoms with Gasteiger partial charge >= 0.3 is 11.9 Å². The van der Waals surface area contributed by atoms with Crippen LogP contribution in [0.4, 0.5) is 8.78 Å². The first kappa shape index (κ1) is 17.7. The minimum absolute atomic E-state index is 0.151. The van der Waals surface area contributed by atoms with Gasteiger partial charge in [0.1, 0.15) is 0 Å². The highest BCUT2D eigenvalue weighted by atomic mass is 19.3. The van der Waals surface area contributed by atoms with Crippen LogP contribution in [0.15, 0.2) is 18.2 Å². The van der Waals surface area contributed by atoms with Gasteiger partial charge in [0.15, 0.2) is 11.5 Å². The van der Waals surface area contributed by atoms with Crippen molar-refractivity contribution in [3.63, 3.8) is 0 Å². The second-order valence-electron chi connectivity index (χ2n) is 4.43. The summed E-state index contributed by atoms with van der Waals surface area (Å²) in [4.78, 5) is 11.2. The maximum atomic E-state index is 13.8. The van der Waals surface area contributed by atoms with Gasteiger partial charge in [0.05, 0.1) is 32.8 Å². The Bertz CT molecular complexity index is 569. The molecule has 0 unspecified atom stereocenters. The van der Waals surface area contributed by atoms with E-state index in [-0.39, 0.29) is 6.61 Å². The Morgan fingerprint density at radius 1 is 1.32 bits per heavy atom. The molecule has 0 heterocycles. The van der Waals surface area contributed by atoms with E-state index in [9.17, 15) is 13.6 Å². The number of hydrogen-bond acceptors (Lipinski definition) is 5. The monoisotopic (exact) mass is 313 g/mol. The van der Waals surface area contributed by atoms with Gasteiger partial charge in [0, 0.05) is 6.42 Å². The number of carbonyl (C=O) groups is 1. The second kappa shape index (κ2) is 7.59. The maximum absolute atomic E-state index is 13.8. The largest absolute Gasteiger partial charge is 0.493 e. The number of halogens is 2. The molecule has 120 valence electrons. The molecule has 0 aliphatic rings. The minimum atomic E-state index is -3.73. The number of esters is 1. The third-order valence-electron chi connectivity index (χ3n) is 3.00. The molecule has 0 spiro atoms.